The summed E-state index contributed by atoms with van der Waals surface area (Å²) in [6.07, 6.45) is 1.01. The zero-order chi connectivity index (χ0) is 22.5. The Morgan fingerprint density at radius 3 is 2.41 bits per heavy atom. The summed E-state index contributed by atoms with van der Waals surface area (Å²) in [6, 6.07) is 17.7. The molecule has 2 aromatic carbocycles. The van der Waals surface area contributed by atoms with Gasteiger partial charge in [-0.3, -0.25) is 4.99 Å². The SMILES string of the molecule is CN=C(NCc1ccccc1S(=O)(=O)NC(C)(C)C)NC1CCN(c2ccccc2)C1.I. The first-order valence-corrected chi connectivity index (χ1v) is 12.1. The second-order valence-electron chi connectivity index (χ2n) is 8.80. The molecule has 1 heterocycles. The van der Waals surface area contributed by atoms with Crippen LogP contribution in [0.4, 0.5) is 5.69 Å². The molecule has 1 atom stereocenters. The normalized spacial score (nSPS) is 17.1. The van der Waals surface area contributed by atoms with Gasteiger partial charge in [-0.25, -0.2) is 13.1 Å². The minimum atomic E-state index is -3.62. The molecule has 1 aliphatic heterocycles. The van der Waals surface area contributed by atoms with Gasteiger partial charge >= 0.3 is 0 Å². The summed E-state index contributed by atoms with van der Waals surface area (Å²) in [5, 5.41) is 6.73. The molecule has 2 aromatic rings. The standard InChI is InChI=1S/C23H33N5O2S.HI/c1-23(2,3)27-31(29,30)21-13-9-8-10-18(21)16-25-22(24-4)26-19-14-15-28(17-19)20-11-6-5-7-12-20;/h5-13,19,27H,14-17H2,1-4H3,(H2,24,25,26);1H. The molecule has 3 rings (SSSR count). The molecule has 176 valence electrons. The van der Waals surface area contributed by atoms with Crippen LogP contribution in [0.3, 0.4) is 0 Å². The van der Waals surface area contributed by atoms with Crippen molar-refractivity contribution in [1.29, 1.82) is 0 Å². The summed E-state index contributed by atoms with van der Waals surface area (Å²) in [5.74, 6) is 0.663. The lowest BCUT2D eigenvalue weighted by Gasteiger charge is -2.22. The number of rotatable bonds is 6. The largest absolute Gasteiger partial charge is 0.369 e. The third kappa shape index (κ3) is 7.35. The van der Waals surface area contributed by atoms with Crippen molar-refractivity contribution in [3.63, 3.8) is 0 Å². The highest BCUT2D eigenvalue weighted by Crippen LogP contribution is 2.20. The molecule has 3 N–H and O–H groups in total. The van der Waals surface area contributed by atoms with Gasteiger partial charge < -0.3 is 15.5 Å². The van der Waals surface area contributed by atoms with E-state index in [1.165, 1.54) is 5.69 Å². The van der Waals surface area contributed by atoms with E-state index in [0.717, 1.165) is 19.5 Å². The summed E-state index contributed by atoms with van der Waals surface area (Å²) in [6.45, 7) is 7.73. The average molecular weight is 572 g/mol. The molecule has 0 amide bonds. The third-order valence-electron chi connectivity index (χ3n) is 5.02. The Bertz CT molecular complexity index is 1010. The number of anilines is 1. The Labute approximate surface area is 209 Å². The summed E-state index contributed by atoms with van der Waals surface area (Å²) in [4.78, 5) is 6.96. The minimum absolute atomic E-state index is 0. The lowest BCUT2D eigenvalue weighted by molar-refractivity contribution is 0.491. The maximum absolute atomic E-state index is 12.8. The second-order valence-corrected chi connectivity index (χ2v) is 10.5. The molecule has 0 aromatic heterocycles. The molecule has 9 heteroatoms. The predicted molar refractivity (Wildman–Crippen MR) is 142 cm³/mol. The fraction of sp³-hybridized carbons (Fsp3) is 0.435. The van der Waals surface area contributed by atoms with E-state index < -0.39 is 15.6 Å². The predicted octanol–water partition coefficient (Wildman–Crippen LogP) is 3.33. The monoisotopic (exact) mass is 571 g/mol. The molecule has 0 bridgehead atoms. The van der Waals surface area contributed by atoms with E-state index in [0.29, 0.717) is 18.1 Å². The van der Waals surface area contributed by atoms with E-state index >= 15 is 0 Å². The van der Waals surface area contributed by atoms with Gasteiger partial charge in [-0.05, 0) is 51.0 Å². The van der Waals surface area contributed by atoms with Crippen LogP contribution in [-0.4, -0.2) is 46.1 Å². The van der Waals surface area contributed by atoms with E-state index in [-0.39, 0.29) is 34.9 Å². The Morgan fingerprint density at radius 1 is 1.09 bits per heavy atom. The van der Waals surface area contributed by atoms with E-state index in [9.17, 15) is 8.42 Å². The average Bonchev–Trinajstić information content (AvgIpc) is 3.19. The molecule has 1 saturated heterocycles. The summed E-state index contributed by atoms with van der Waals surface area (Å²) >= 11 is 0. The number of halogens is 1. The fourth-order valence-corrected chi connectivity index (χ4v) is 5.35. The number of sulfonamides is 1. The number of nitrogens with zero attached hydrogens (tertiary/aromatic N) is 2. The van der Waals surface area contributed by atoms with Crippen molar-refractivity contribution in [2.24, 2.45) is 4.99 Å². The van der Waals surface area contributed by atoms with Crippen molar-refractivity contribution in [3.8, 4) is 0 Å². The second kappa shape index (κ2) is 11.3. The van der Waals surface area contributed by atoms with Gasteiger partial charge in [0.15, 0.2) is 5.96 Å². The zero-order valence-electron chi connectivity index (χ0n) is 19.1. The number of nitrogens with one attached hydrogen (secondary N) is 3. The smallest absolute Gasteiger partial charge is 0.241 e. The van der Waals surface area contributed by atoms with E-state index in [1.807, 2.05) is 39.0 Å². The number of para-hydroxylation sites is 1. The summed E-state index contributed by atoms with van der Waals surface area (Å²) < 4.78 is 28.4. The molecule has 0 aliphatic carbocycles. The van der Waals surface area contributed by atoms with Crippen LogP contribution in [0.2, 0.25) is 0 Å². The van der Waals surface area contributed by atoms with Crippen molar-refractivity contribution < 1.29 is 8.42 Å². The van der Waals surface area contributed by atoms with Gasteiger partial charge in [0, 0.05) is 44.0 Å². The number of hydrogen-bond donors (Lipinski definition) is 3. The zero-order valence-corrected chi connectivity index (χ0v) is 22.3. The quantitative estimate of drug-likeness (QED) is 0.282. The van der Waals surface area contributed by atoms with Gasteiger partial charge in [0.1, 0.15) is 0 Å². The molecule has 32 heavy (non-hydrogen) atoms. The molecular formula is C23H34IN5O2S. The molecular weight excluding hydrogens is 537 g/mol. The molecule has 0 radical (unpaired) electrons. The Morgan fingerprint density at radius 2 is 1.75 bits per heavy atom. The lowest BCUT2D eigenvalue weighted by atomic mass is 10.1. The molecule has 1 unspecified atom stereocenters. The lowest BCUT2D eigenvalue weighted by Crippen LogP contribution is -2.44. The molecule has 1 aliphatic rings. The molecule has 7 nitrogen and oxygen atoms in total. The van der Waals surface area contributed by atoms with Gasteiger partial charge in [0.2, 0.25) is 10.0 Å². The van der Waals surface area contributed by atoms with E-state index in [1.54, 1.807) is 19.2 Å². The third-order valence-corrected chi connectivity index (χ3v) is 6.88. The first-order chi connectivity index (χ1) is 14.7. The highest BCUT2D eigenvalue weighted by atomic mass is 127. The van der Waals surface area contributed by atoms with Crippen molar-refractivity contribution in [2.75, 3.05) is 25.0 Å². The minimum Gasteiger partial charge on any atom is -0.369 e. The van der Waals surface area contributed by atoms with Crippen LogP contribution in [0.1, 0.15) is 32.8 Å². The van der Waals surface area contributed by atoms with Crippen molar-refractivity contribution in [3.05, 3.63) is 60.2 Å². The molecule has 0 spiro atoms. The Hall–Kier alpha value is -1.85. The molecule has 0 saturated carbocycles. The van der Waals surface area contributed by atoms with Crippen molar-refractivity contribution in [2.45, 2.75) is 50.2 Å². The summed E-state index contributed by atoms with van der Waals surface area (Å²) in [7, 11) is -1.90. The van der Waals surface area contributed by atoms with Crippen LogP contribution in [0.25, 0.3) is 0 Å². The van der Waals surface area contributed by atoms with E-state index in [4.69, 9.17) is 0 Å². The van der Waals surface area contributed by atoms with E-state index in [2.05, 4.69) is 49.5 Å². The van der Waals surface area contributed by atoms with Crippen LogP contribution in [0.5, 0.6) is 0 Å². The number of benzene rings is 2. The number of guanidine groups is 1. The highest BCUT2D eigenvalue weighted by molar-refractivity contribution is 14.0. The first kappa shape index (κ1) is 26.4. The maximum Gasteiger partial charge on any atom is 0.241 e. The van der Waals surface area contributed by atoms with Gasteiger partial charge in [-0.2, -0.15) is 0 Å². The van der Waals surface area contributed by atoms with Crippen molar-refractivity contribution in [1.82, 2.24) is 15.4 Å². The summed E-state index contributed by atoms with van der Waals surface area (Å²) in [5.41, 5.74) is 1.36. The Kier molecular flexibility index (Phi) is 9.35. The maximum atomic E-state index is 12.8. The van der Waals surface area contributed by atoms with Crippen LogP contribution in [0.15, 0.2) is 64.5 Å². The number of aliphatic imine (C=N–C) groups is 1. The topological polar surface area (TPSA) is 85.8 Å². The fourth-order valence-electron chi connectivity index (χ4n) is 3.69. The van der Waals surface area contributed by atoms with Gasteiger partial charge in [-0.15, -0.1) is 24.0 Å². The number of hydrogen-bond acceptors (Lipinski definition) is 4. The van der Waals surface area contributed by atoms with Crippen molar-refractivity contribution >= 4 is 45.6 Å². The molecule has 1 fully saturated rings. The highest BCUT2D eigenvalue weighted by Gasteiger charge is 2.25. The van der Waals surface area contributed by atoms with Gasteiger partial charge in [-0.1, -0.05) is 36.4 Å². The Balaban J connectivity index is 0.00000363. The van der Waals surface area contributed by atoms with Crippen LogP contribution >= 0.6 is 24.0 Å². The van der Waals surface area contributed by atoms with Gasteiger partial charge in [0.05, 0.1) is 4.90 Å². The van der Waals surface area contributed by atoms with Crippen LogP contribution in [0, 0.1) is 0 Å². The van der Waals surface area contributed by atoms with Crippen LogP contribution in [-0.2, 0) is 16.6 Å². The first-order valence-electron chi connectivity index (χ1n) is 10.6. The van der Waals surface area contributed by atoms with Gasteiger partial charge in [0.25, 0.3) is 0 Å². The van der Waals surface area contributed by atoms with Crippen LogP contribution < -0.4 is 20.3 Å².